The summed E-state index contributed by atoms with van der Waals surface area (Å²) < 4.78 is 0. The Labute approximate surface area is 51.7 Å². The van der Waals surface area contributed by atoms with Gasteiger partial charge in [0, 0.05) is 0 Å². The van der Waals surface area contributed by atoms with E-state index >= 15 is 0 Å². The highest BCUT2D eigenvalue weighted by molar-refractivity contribution is 8.15. The predicted molar refractivity (Wildman–Crippen MR) is 34.9 cm³/mol. The first-order valence-corrected chi connectivity index (χ1v) is 3.00. The molecule has 0 saturated heterocycles. The molecule has 0 saturated carbocycles. The Morgan fingerprint density at radius 3 is 2.50 bits per heavy atom. The number of rotatable bonds is 0. The lowest BCUT2D eigenvalue weighted by atomic mass is 10.9. The van der Waals surface area contributed by atoms with Crippen LogP contribution in [0.2, 0.25) is 0 Å². The molecule has 5 N–H and O–H groups in total. The number of nitrogens with one attached hydrogen (secondary N) is 1. The third kappa shape index (κ3) is 1.12. The first-order chi connectivity index (χ1) is 3.60. The average molecular weight is 132 g/mol. The van der Waals surface area contributed by atoms with Gasteiger partial charge in [-0.1, -0.05) is 0 Å². The van der Waals surface area contributed by atoms with Gasteiger partial charge in [0.05, 0.1) is 5.04 Å². The van der Waals surface area contributed by atoms with Crippen molar-refractivity contribution in [3.8, 4) is 0 Å². The van der Waals surface area contributed by atoms with E-state index in [1.54, 1.807) is 0 Å². The number of hydrazone groups is 1. The van der Waals surface area contributed by atoms with Gasteiger partial charge in [-0.05, 0) is 18.7 Å². The molecule has 0 amide bonds. The zero-order chi connectivity index (χ0) is 6.20. The molecule has 0 aromatic heterocycles. The fraction of sp³-hybridized carbons (Fsp3) is 0.667. The van der Waals surface area contributed by atoms with E-state index in [4.69, 9.17) is 11.5 Å². The van der Waals surface area contributed by atoms with Gasteiger partial charge in [0.2, 0.25) is 5.12 Å². The minimum absolute atomic E-state index is 0.870. The molecule has 0 bridgehead atoms. The van der Waals surface area contributed by atoms with Crippen LogP contribution in [-0.2, 0) is 0 Å². The molecule has 1 aliphatic rings. The first kappa shape index (κ1) is 5.87. The molecule has 0 fully saturated rings. The van der Waals surface area contributed by atoms with Gasteiger partial charge in [-0.3, -0.25) is 16.9 Å². The molecule has 0 aliphatic carbocycles. The Morgan fingerprint density at radius 1 is 1.75 bits per heavy atom. The normalized spacial score (nSPS) is 24.6. The Bertz CT molecular complexity index is 129. The fourth-order valence-electron chi connectivity index (χ4n) is 0.456. The second kappa shape index (κ2) is 1.61. The second-order valence-electron chi connectivity index (χ2n) is 1.64. The minimum atomic E-state index is -0.871. The van der Waals surface area contributed by atoms with Crippen LogP contribution in [0.15, 0.2) is 5.10 Å². The van der Waals surface area contributed by atoms with Gasteiger partial charge in [-0.2, -0.15) is 5.10 Å². The molecule has 0 radical (unpaired) electrons. The smallest absolute Gasteiger partial charge is 0.209 e. The van der Waals surface area contributed by atoms with Gasteiger partial charge in [0.15, 0.2) is 0 Å². The summed E-state index contributed by atoms with van der Waals surface area (Å²) in [5.41, 5.74) is 13.3. The van der Waals surface area contributed by atoms with Gasteiger partial charge in [-0.25, -0.2) is 0 Å². The summed E-state index contributed by atoms with van der Waals surface area (Å²) in [4.78, 5) is 0. The molecule has 1 heterocycles. The highest BCUT2D eigenvalue weighted by Gasteiger charge is 2.24. The van der Waals surface area contributed by atoms with Crippen molar-refractivity contribution in [3.05, 3.63) is 0 Å². The van der Waals surface area contributed by atoms with Crippen molar-refractivity contribution in [3.63, 3.8) is 0 Å². The van der Waals surface area contributed by atoms with E-state index in [0.29, 0.717) is 0 Å². The van der Waals surface area contributed by atoms with Crippen molar-refractivity contribution >= 4 is 16.8 Å². The summed E-state index contributed by atoms with van der Waals surface area (Å²) >= 11 is 1.32. The summed E-state index contributed by atoms with van der Waals surface area (Å²) in [5.74, 6) is 0. The highest BCUT2D eigenvalue weighted by atomic mass is 32.2. The predicted octanol–water partition coefficient (Wildman–Crippen LogP) is -0.815. The molecule has 1 aliphatic heterocycles. The Hall–Kier alpha value is -0.260. The van der Waals surface area contributed by atoms with Crippen LogP contribution in [0.5, 0.6) is 0 Å². The summed E-state index contributed by atoms with van der Waals surface area (Å²) in [6, 6.07) is 0. The van der Waals surface area contributed by atoms with E-state index in [1.165, 1.54) is 11.8 Å². The quantitative estimate of drug-likeness (QED) is 0.376. The van der Waals surface area contributed by atoms with Crippen LogP contribution in [-0.4, -0.2) is 10.2 Å². The molecule has 4 nitrogen and oxygen atoms in total. The van der Waals surface area contributed by atoms with E-state index in [1.807, 2.05) is 6.92 Å². The van der Waals surface area contributed by atoms with Crippen molar-refractivity contribution in [2.24, 2.45) is 16.6 Å². The van der Waals surface area contributed by atoms with Gasteiger partial charge in [0.1, 0.15) is 0 Å². The lowest BCUT2D eigenvalue weighted by molar-refractivity contribution is 0.530. The third-order valence-corrected chi connectivity index (χ3v) is 1.52. The Balaban J connectivity index is 2.55. The number of nitrogens with zero attached hydrogens (tertiary/aromatic N) is 1. The second-order valence-corrected chi connectivity index (χ2v) is 3.11. The van der Waals surface area contributed by atoms with Gasteiger partial charge < -0.3 is 0 Å². The molecule has 5 heteroatoms. The SMILES string of the molecule is CC1=NNC(N)(N)S1. The molecule has 8 heavy (non-hydrogen) atoms. The maximum atomic E-state index is 5.38. The molecule has 0 atom stereocenters. The fourth-order valence-corrected chi connectivity index (χ4v) is 1.13. The largest absolute Gasteiger partial charge is 0.286 e. The van der Waals surface area contributed by atoms with E-state index in [0.717, 1.165) is 5.04 Å². The lowest BCUT2D eigenvalue weighted by Crippen LogP contribution is -2.53. The van der Waals surface area contributed by atoms with Crippen LogP contribution >= 0.6 is 11.8 Å². The standard InChI is InChI=1S/C3H8N4S/c1-2-6-7-3(4,5)8-2/h7H,4-5H2,1H3. The van der Waals surface area contributed by atoms with Crippen molar-refractivity contribution in [2.45, 2.75) is 12.0 Å². The van der Waals surface area contributed by atoms with Crippen molar-refractivity contribution in [2.75, 3.05) is 0 Å². The molecule has 0 unspecified atom stereocenters. The topological polar surface area (TPSA) is 76.4 Å². The maximum absolute atomic E-state index is 5.38. The van der Waals surface area contributed by atoms with Crippen LogP contribution in [0.1, 0.15) is 6.92 Å². The molecule has 46 valence electrons. The molecule has 0 spiro atoms. The summed E-state index contributed by atoms with van der Waals surface area (Å²) in [7, 11) is 0. The van der Waals surface area contributed by atoms with E-state index < -0.39 is 5.12 Å². The molecule has 0 aromatic carbocycles. The monoisotopic (exact) mass is 132 g/mol. The molecule has 1 rings (SSSR count). The average Bonchev–Trinajstić information content (AvgIpc) is 1.82. The van der Waals surface area contributed by atoms with E-state index in [-0.39, 0.29) is 0 Å². The maximum Gasteiger partial charge on any atom is 0.209 e. The molecule has 0 aromatic rings. The van der Waals surface area contributed by atoms with E-state index in [9.17, 15) is 0 Å². The van der Waals surface area contributed by atoms with Gasteiger partial charge in [-0.15, -0.1) is 0 Å². The number of hydrogen-bond acceptors (Lipinski definition) is 5. The summed E-state index contributed by atoms with van der Waals surface area (Å²) in [6.45, 7) is 1.85. The number of thioether (sulfide) groups is 1. The highest BCUT2D eigenvalue weighted by Crippen LogP contribution is 2.17. The van der Waals surface area contributed by atoms with Crippen molar-refractivity contribution in [1.29, 1.82) is 0 Å². The van der Waals surface area contributed by atoms with Crippen molar-refractivity contribution in [1.82, 2.24) is 5.43 Å². The van der Waals surface area contributed by atoms with Gasteiger partial charge in [0.25, 0.3) is 0 Å². The Kier molecular flexibility index (Phi) is 1.18. The zero-order valence-corrected chi connectivity index (χ0v) is 5.33. The Morgan fingerprint density at radius 2 is 2.38 bits per heavy atom. The van der Waals surface area contributed by atoms with Crippen LogP contribution in [0, 0.1) is 0 Å². The van der Waals surface area contributed by atoms with Gasteiger partial charge >= 0.3 is 0 Å². The van der Waals surface area contributed by atoms with Crippen molar-refractivity contribution < 1.29 is 0 Å². The van der Waals surface area contributed by atoms with Crippen LogP contribution in [0.25, 0.3) is 0 Å². The molecular formula is C3H8N4S. The third-order valence-electron chi connectivity index (χ3n) is 0.705. The summed E-state index contributed by atoms with van der Waals surface area (Å²) in [6.07, 6.45) is 0. The van der Waals surface area contributed by atoms with Crippen LogP contribution in [0.4, 0.5) is 0 Å². The van der Waals surface area contributed by atoms with E-state index in [2.05, 4.69) is 10.5 Å². The minimum Gasteiger partial charge on any atom is -0.286 e. The molecular weight excluding hydrogens is 124 g/mol. The van der Waals surface area contributed by atoms with Crippen LogP contribution < -0.4 is 16.9 Å². The lowest BCUT2D eigenvalue weighted by Gasteiger charge is -2.13. The zero-order valence-electron chi connectivity index (χ0n) is 4.51. The first-order valence-electron chi connectivity index (χ1n) is 2.18. The summed E-state index contributed by atoms with van der Waals surface area (Å²) in [5, 5.41) is 3.77. The van der Waals surface area contributed by atoms with Crippen LogP contribution in [0.3, 0.4) is 0 Å². The number of nitrogens with two attached hydrogens (primary N) is 2. The number of hydrogen-bond donors (Lipinski definition) is 3.